The van der Waals surface area contributed by atoms with Crippen molar-refractivity contribution in [1.29, 1.82) is 0 Å². The third-order valence-electron chi connectivity index (χ3n) is 2.91. The van der Waals surface area contributed by atoms with Crippen LogP contribution in [0.2, 0.25) is 5.02 Å². The van der Waals surface area contributed by atoms with E-state index in [0.717, 1.165) is 23.2 Å². The van der Waals surface area contributed by atoms with Crippen molar-refractivity contribution in [3.05, 3.63) is 35.1 Å². The van der Waals surface area contributed by atoms with Gasteiger partial charge in [-0.3, -0.25) is 4.68 Å². The van der Waals surface area contributed by atoms with E-state index in [9.17, 15) is 0 Å². The number of benzene rings is 1. The number of rotatable bonds is 4. The van der Waals surface area contributed by atoms with Gasteiger partial charge in [-0.2, -0.15) is 5.10 Å². The molecule has 2 rings (SSSR count). The molecule has 2 aromatic rings. The van der Waals surface area contributed by atoms with Crippen molar-refractivity contribution < 1.29 is 4.74 Å². The van der Waals surface area contributed by atoms with Gasteiger partial charge in [-0.05, 0) is 24.2 Å². The molecule has 96 valence electrons. The summed E-state index contributed by atoms with van der Waals surface area (Å²) in [6.45, 7) is 0.594. The van der Waals surface area contributed by atoms with Gasteiger partial charge in [0, 0.05) is 24.7 Å². The fourth-order valence-corrected chi connectivity index (χ4v) is 2.23. The molecule has 0 spiro atoms. The zero-order valence-electron chi connectivity index (χ0n) is 10.5. The predicted molar refractivity (Wildman–Crippen MR) is 73.0 cm³/mol. The number of nitrogens with zero attached hydrogens (tertiary/aromatic N) is 2. The third-order valence-corrected chi connectivity index (χ3v) is 3.20. The SMILES string of the molecule is COc1ccc(-c2cnn(C)c2CCN)cc1Cl. The molecule has 0 amide bonds. The Morgan fingerprint density at radius 1 is 1.44 bits per heavy atom. The van der Waals surface area contributed by atoms with Crippen LogP contribution in [-0.4, -0.2) is 23.4 Å². The van der Waals surface area contributed by atoms with E-state index in [1.165, 1.54) is 0 Å². The zero-order valence-corrected chi connectivity index (χ0v) is 11.2. The van der Waals surface area contributed by atoms with E-state index >= 15 is 0 Å². The lowest BCUT2D eigenvalue weighted by atomic mass is 10.0. The first kappa shape index (κ1) is 12.9. The standard InChI is InChI=1S/C13H16ClN3O/c1-17-12(5-6-15)10(8-16-17)9-3-4-13(18-2)11(14)7-9/h3-4,7-8H,5-6,15H2,1-2H3. The van der Waals surface area contributed by atoms with Crippen molar-refractivity contribution in [3.8, 4) is 16.9 Å². The van der Waals surface area contributed by atoms with Gasteiger partial charge in [-0.1, -0.05) is 17.7 Å². The van der Waals surface area contributed by atoms with Gasteiger partial charge in [0.05, 0.1) is 18.3 Å². The van der Waals surface area contributed by atoms with Crippen LogP contribution in [0.1, 0.15) is 5.69 Å². The molecule has 0 saturated carbocycles. The van der Waals surface area contributed by atoms with E-state index in [4.69, 9.17) is 22.1 Å². The molecule has 0 saturated heterocycles. The normalized spacial score (nSPS) is 10.7. The van der Waals surface area contributed by atoms with Gasteiger partial charge in [0.1, 0.15) is 5.75 Å². The third kappa shape index (κ3) is 2.35. The van der Waals surface area contributed by atoms with Gasteiger partial charge in [0.2, 0.25) is 0 Å². The number of nitrogens with two attached hydrogens (primary N) is 1. The minimum absolute atomic E-state index is 0.594. The van der Waals surface area contributed by atoms with E-state index in [-0.39, 0.29) is 0 Å². The van der Waals surface area contributed by atoms with Crippen molar-refractivity contribution in [3.63, 3.8) is 0 Å². The number of hydrogen-bond acceptors (Lipinski definition) is 3. The van der Waals surface area contributed by atoms with Gasteiger partial charge < -0.3 is 10.5 Å². The summed E-state index contributed by atoms with van der Waals surface area (Å²) in [6, 6.07) is 5.72. The molecule has 1 heterocycles. The molecule has 0 atom stereocenters. The highest BCUT2D eigenvalue weighted by atomic mass is 35.5. The maximum Gasteiger partial charge on any atom is 0.137 e. The molecule has 0 aliphatic heterocycles. The van der Waals surface area contributed by atoms with Crippen LogP contribution < -0.4 is 10.5 Å². The van der Waals surface area contributed by atoms with E-state index < -0.39 is 0 Å². The Kier molecular flexibility index (Phi) is 3.89. The molecular weight excluding hydrogens is 250 g/mol. The minimum atomic E-state index is 0.594. The maximum absolute atomic E-state index is 6.14. The first-order chi connectivity index (χ1) is 8.67. The summed E-state index contributed by atoms with van der Waals surface area (Å²) in [6.07, 6.45) is 2.62. The number of ether oxygens (including phenoxy) is 1. The van der Waals surface area contributed by atoms with Crippen molar-refractivity contribution in [1.82, 2.24) is 9.78 Å². The van der Waals surface area contributed by atoms with Crippen molar-refractivity contribution in [2.24, 2.45) is 12.8 Å². The Morgan fingerprint density at radius 3 is 2.83 bits per heavy atom. The highest BCUT2D eigenvalue weighted by Crippen LogP contribution is 2.31. The molecule has 0 aliphatic rings. The lowest BCUT2D eigenvalue weighted by Crippen LogP contribution is -2.08. The van der Waals surface area contributed by atoms with Crippen LogP contribution in [0, 0.1) is 0 Å². The van der Waals surface area contributed by atoms with E-state index in [1.807, 2.05) is 36.1 Å². The summed E-state index contributed by atoms with van der Waals surface area (Å²) in [4.78, 5) is 0. The molecule has 0 unspecified atom stereocenters. The Bertz CT molecular complexity index is 551. The summed E-state index contributed by atoms with van der Waals surface area (Å²) in [5.41, 5.74) is 8.82. The Morgan fingerprint density at radius 2 is 2.22 bits per heavy atom. The van der Waals surface area contributed by atoms with Crippen LogP contribution in [0.3, 0.4) is 0 Å². The molecule has 5 heteroatoms. The molecular formula is C13H16ClN3O. The summed E-state index contributed by atoms with van der Waals surface area (Å²) < 4.78 is 6.99. The molecule has 2 N–H and O–H groups in total. The number of aromatic nitrogens is 2. The fraction of sp³-hybridized carbons (Fsp3) is 0.308. The number of hydrogen-bond donors (Lipinski definition) is 1. The van der Waals surface area contributed by atoms with E-state index in [2.05, 4.69) is 5.10 Å². The molecule has 0 radical (unpaired) electrons. The van der Waals surface area contributed by atoms with Gasteiger partial charge in [0.15, 0.2) is 0 Å². The highest BCUT2D eigenvalue weighted by molar-refractivity contribution is 6.32. The minimum Gasteiger partial charge on any atom is -0.495 e. The Labute approximate surface area is 111 Å². The first-order valence-electron chi connectivity index (χ1n) is 5.72. The van der Waals surface area contributed by atoms with Crippen LogP contribution in [0.4, 0.5) is 0 Å². The molecule has 18 heavy (non-hydrogen) atoms. The summed E-state index contributed by atoms with van der Waals surface area (Å²) in [5.74, 6) is 0.671. The molecule has 4 nitrogen and oxygen atoms in total. The average Bonchev–Trinajstić information content (AvgIpc) is 2.72. The van der Waals surface area contributed by atoms with Crippen molar-refractivity contribution >= 4 is 11.6 Å². The highest BCUT2D eigenvalue weighted by Gasteiger charge is 2.11. The lowest BCUT2D eigenvalue weighted by Gasteiger charge is -2.07. The molecule has 1 aromatic heterocycles. The van der Waals surface area contributed by atoms with Crippen molar-refractivity contribution in [2.75, 3.05) is 13.7 Å². The summed E-state index contributed by atoms with van der Waals surface area (Å²) >= 11 is 6.14. The van der Waals surface area contributed by atoms with Gasteiger partial charge in [-0.15, -0.1) is 0 Å². The summed E-state index contributed by atoms with van der Waals surface area (Å²) in [5, 5.41) is 4.87. The molecule has 0 aliphatic carbocycles. The molecule has 1 aromatic carbocycles. The van der Waals surface area contributed by atoms with Crippen LogP contribution in [-0.2, 0) is 13.5 Å². The largest absolute Gasteiger partial charge is 0.495 e. The number of aryl methyl sites for hydroxylation is 1. The smallest absolute Gasteiger partial charge is 0.137 e. The quantitative estimate of drug-likeness (QED) is 0.923. The fourth-order valence-electron chi connectivity index (χ4n) is 1.97. The van der Waals surface area contributed by atoms with Gasteiger partial charge >= 0.3 is 0 Å². The van der Waals surface area contributed by atoms with Gasteiger partial charge in [0.25, 0.3) is 0 Å². The number of methoxy groups -OCH3 is 1. The van der Waals surface area contributed by atoms with Crippen LogP contribution in [0.25, 0.3) is 11.1 Å². The van der Waals surface area contributed by atoms with E-state index in [1.54, 1.807) is 7.11 Å². The zero-order chi connectivity index (χ0) is 13.1. The molecule has 0 bridgehead atoms. The maximum atomic E-state index is 6.14. The van der Waals surface area contributed by atoms with Crippen LogP contribution >= 0.6 is 11.6 Å². The lowest BCUT2D eigenvalue weighted by molar-refractivity contribution is 0.415. The van der Waals surface area contributed by atoms with Gasteiger partial charge in [-0.25, -0.2) is 0 Å². The van der Waals surface area contributed by atoms with Crippen molar-refractivity contribution in [2.45, 2.75) is 6.42 Å². The monoisotopic (exact) mass is 265 g/mol. The molecule has 0 fully saturated rings. The Balaban J connectivity index is 2.45. The predicted octanol–water partition coefficient (Wildman–Crippen LogP) is 2.25. The topological polar surface area (TPSA) is 53.1 Å². The number of halogens is 1. The average molecular weight is 266 g/mol. The van der Waals surface area contributed by atoms with E-state index in [0.29, 0.717) is 17.3 Å². The Hall–Kier alpha value is -1.52. The first-order valence-corrected chi connectivity index (χ1v) is 6.10. The van der Waals surface area contributed by atoms with Crippen LogP contribution in [0.5, 0.6) is 5.75 Å². The van der Waals surface area contributed by atoms with Crippen LogP contribution in [0.15, 0.2) is 24.4 Å². The second-order valence-corrected chi connectivity index (χ2v) is 4.42. The second-order valence-electron chi connectivity index (χ2n) is 4.02. The summed E-state index contributed by atoms with van der Waals surface area (Å²) in [7, 11) is 3.52. The second kappa shape index (κ2) is 5.42.